The molecule has 520 valence electrons. The van der Waals surface area contributed by atoms with Crippen LogP contribution in [0.5, 0.6) is 0 Å². The van der Waals surface area contributed by atoms with Crippen molar-refractivity contribution in [2.75, 3.05) is 47.5 Å². The Labute approximate surface area is 560 Å². The molecule has 0 aromatic rings. The first-order chi connectivity index (χ1) is 44.6. The van der Waals surface area contributed by atoms with Gasteiger partial charge in [-0.05, 0) is 109 Å². The summed E-state index contributed by atoms with van der Waals surface area (Å²) in [6, 6.07) is 0. The highest BCUT2D eigenvalue weighted by Gasteiger charge is 2.25. The number of ether oxygens (including phenoxy) is 4. The van der Waals surface area contributed by atoms with Gasteiger partial charge in [0.25, 0.3) is 6.29 Å². The molecule has 1 N–H and O–H groups in total. The zero-order valence-corrected chi connectivity index (χ0v) is 59.5. The van der Waals surface area contributed by atoms with Crippen molar-refractivity contribution >= 4 is 17.9 Å². The van der Waals surface area contributed by atoms with Gasteiger partial charge in [-0.2, -0.15) is 0 Å². The second-order valence-corrected chi connectivity index (χ2v) is 25.8. The summed E-state index contributed by atoms with van der Waals surface area (Å²) >= 11 is 0. The van der Waals surface area contributed by atoms with Gasteiger partial charge >= 0.3 is 17.9 Å². The van der Waals surface area contributed by atoms with Crippen molar-refractivity contribution in [3.8, 4) is 0 Å². The Balaban J connectivity index is 4.04. The van der Waals surface area contributed by atoms with Crippen LogP contribution in [-0.2, 0) is 33.3 Å². The molecule has 0 amide bonds. The Bertz CT molecular complexity index is 1960. The maximum atomic E-state index is 13.0. The molecule has 0 aliphatic heterocycles. The molecule has 0 heterocycles. The molecule has 91 heavy (non-hydrogen) atoms. The summed E-state index contributed by atoms with van der Waals surface area (Å²) in [4.78, 5) is 37.7. The van der Waals surface area contributed by atoms with Gasteiger partial charge in [-0.15, -0.1) is 0 Å². The van der Waals surface area contributed by atoms with Crippen LogP contribution in [0.2, 0.25) is 0 Å². The summed E-state index contributed by atoms with van der Waals surface area (Å²) in [5, 5.41) is 9.76. The Morgan fingerprint density at radius 1 is 0.330 bits per heavy atom. The predicted octanol–water partition coefficient (Wildman–Crippen LogP) is 23.7. The number of likely N-dealkylation sites (N-methyl/N-ethyl adjacent to an activating group) is 1. The van der Waals surface area contributed by atoms with E-state index in [-0.39, 0.29) is 32.2 Å². The van der Waals surface area contributed by atoms with Crippen LogP contribution in [-0.4, -0.2) is 87.4 Å². The molecule has 0 rings (SSSR count). The van der Waals surface area contributed by atoms with Crippen molar-refractivity contribution in [3.05, 3.63) is 134 Å². The third kappa shape index (κ3) is 72.7. The number of hydrogen-bond donors (Lipinski definition) is 1. The van der Waals surface area contributed by atoms with E-state index < -0.39 is 24.3 Å². The van der Waals surface area contributed by atoms with E-state index in [4.69, 9.17) is 18.9 Å². The topological polar surface area (TPSA) is 108 Å². The van der Waals surface area contributed by atoms with Gasteiger partial charge in [0.1, 0.15) is 13.2 Å². The maximum absolute atomic E-state index is 13.0. The molecule has 0 aliphatic rings. The second kappa shape index (κ2) is 71.3. The molecular weight excluding hydrogens is 1130 g/mol. The standard InChI is InChI=1S/C82H139NO8/c1-6-8-10-12-14-16-18-20-22-24-26-28-30-32-33-34-35-36-37-38-39-40-41-42-43-44-45-46-47-49-51-53-55-57-59-61-63-65-67-69-71-73-80(85)91-78(77-90-82(81(86)87)88-75-74-83(3,4)5)76-89-79(84)72-70-68-66-64-62-60-58-56-54-52-50-48-31-29-27-25-23-21-19-17-15-13-11-9-7-2/h8-11,14-17,20-23,26-29,32-33,35-36,38-39,78,82H,6-7,12-13,18-19,24-25,30-31,34,37,40-77H2,1-5H3/p+1/b10-8-,11-9-,16-14-,17-15-,22-20-,23-21-,28-26-,29-27-,33-32-,36-35-,39-38-. The van der Waals surface area contributed by atoms with Crippen LogP contribution in [0.3, 0.4) is 0 Å². The van der Waals surface area contributed by atoms with Crippen LogP contribution in [0.4, 0.5) is 0 Å². The first kappa shape index (κ1) is 86.4. The molecule has 2 unspecified atom stereocenters. The predicted molar refractivity (Wildman–Crippen MR) is 391 cm³/mol. The van der Waals surface area contributed by atoms with Crippen LogP contribution in [0.1, 0.15) is 309 Å². The fraction of sp³-hybridized carbons (Fsp3) is 0.695. The zero-order chi connectivity index (χ0) is 66.1. The molecule has 9 heteroatoms. The van der Waals surface area contributed by atoms with E-state index >= 15 is 0 Å². The monoisotopic (exact) mass is 1270 g/mol. The number of carbonyl (C=O) groups excluding carboxylic acids is 2. The number of hydrogen-bond acceptors (Lipinski definition) is 7. The smallest absolute Gasteiger partial charge is 0.361 e. The van der Waals surface area contributed by atoms with Crippen molar-refractivity contribution in [2.45, 2.75) is 322 Å². The molecule has 0 spiro atoms. The molecule has 0 fully saturated rings. The van der Waals surface area contributed by atoms with Crippen LogP contribution in [0, 0.1) is 0 Å². The second-order valence-electron chi connectivity index (χ2n) is 25.8. The van der Waals surface area contributed by atoms with Gasteiger partial charge in [-0.25, -0.2) is 4.79 Å². The van der Waals surface area contributed by atoms with Gasteiger partial charge in [0.05, 0.1) is 34.4 Å². The fourth-order valence-electron chi connectivity index (χ4n) is 10.3. The Morgan fingerprint density at radius 2 is 0.593 bits per heavy atom. The van der Waals surface area contributed by atoms with E-state index in [1.165, 1.54) is 173 Å². The summed E-state index contributed by atoms with van der Waals surface area (Å²) < 4.78 is 23.0. The third-order valence-corrected chi connectivity index (χ3v) is 15.9. The van der Waals surface area contributed by atoms with E-state index in [1.807, 2.05) is 21.1 Å². The number of nitrogens with zero attached hydrogens (tertiary/aromatic N) is 1. The van der Waals surface area contributed by atoms with Gasteiger partial charge in [-0.3, -0.25) is 9.59 Å². The maximum Gasteiger partial charge on any atom is 0.361 e. The molecule has 0 bridgehead atoms. The summed E-state index contributed by atoms with van der Waals surface area (Å²) in [6.45, 7) is 4.67. The van der Waals surface area contributed by atoms with Crippen LogP contribution in [0.25, 0.3) is 0 Å². The number of unbranched alkanes of at least 4 members (excludes halogenated alkanes) is 31. The van der Waals surface area contributed by atoms with Crippen LogP contribution in [0.15, 0.2) is 134 Å². The summed E-state index contributed by atoms with van der Waals surface area (Å²) in [7, 11) is 5.98. The first-order valence-electron chi connectivity index (χ1n) is 37.3. The number of aliphatic carboxylic acids is 1. The van der Waals surface area contributed by atoms with Crippen molar-refractivity contribution < 1.29 is 42.9 Å². The molecule has 0 aromatic carbocycles. The van der Waals surface area contributed by atoms with Crippen molar-refractivity contribution in [3.63, 3.8) is 0 Å². The minimum Gasteiger partial charge on any atom is -0.477 e. The van der Waals surface area contributed by atoms with Crippen molar-refractivity contribution in [2.24, 2.45) is 0 Å². The highest BCUT2D eigenvalue weighted by atomic mass is 16.7. The number of esters is 2. The Hall–Kier alpha value is -4.57. The summed E-state index contributed by atoms with van der Waals surface area (Å²) in [5.74, 6) is -2.00. The largest absolute Gasteiger partial charge is 0.477 e. The molecule has 0 aliphatic carbocycles. The average molecular weight is 1270 g/mol. The van der Waals surface area contributed by atoms with Gasteiger partial charge in [0.2, 0.25) is 0 Å². The lowest BCUT2D eigenvalue weighted by Crippen LogP contribution is -2.40. The number of carboxylic acid groups (broad SMARTS) is 1. The summed E-state index contributed by atoms with van der Waals surface area (Å²) in [5.41, 5.74) is 0. The minimum atomic E-state index is -1.52. The van der Waals surface area contributed by atoms with E-state index in [0.717, 1.165) is 109 Å². The number of carbonyl (C=O) groups is 3. The van der Waals surface area contributed by atoms with Gasteiger partial charge in [0.15, 0.2) is 6.10 Å². The van der Waals surface area contributed by atoms with E-state index in [2.05, 4.69) is 148 Å². The number of allylic oxidation sites excluding steroid dienone is 22. The molecule has 0 radical (unpaired) electrons. The van der Waals surface area contributed by atoms with Crippen molar-refractivity contribution in [1.82, 2.24) is 0 Å². The molecule has 2 atom stereocenters. The van der Waals surface area contributed by atoms with Gasteiger partial charge < -0.3 is 28.5 Å². The number of carboxylic acids is 1. The zero-order valence-electron chi connectivity index (χ0n) is 59.5. The van der Waals surface area contributed by atoms with Gasteiger partial charge in [-0.1, -0.05) is 321 Å². The molecule has 9 nitrogen and oxygen atoms in total. The summed E-state index contributed by atoms with van der Waals surface area (Å²) in [6.07, 6.45) is 100. The normalized spacial score (nSPS) is 13.5. The van der Waals surface area contributed by atoms with Crippen LogP contribution < -0.4 is 0 Å². The van der Waals surface area contributed by atoms with Crippen LogP contribution >= 0.6 is 0 Å². The van der Waals surface area contributed by atoms with E-state index in [9.17, 15) is 19.5 Å². The van der Waals surface area contributed by atoms with E-state index in [0.29, 0.717) is 17.4 Å². The lowest BCUT2D eigenvalue weighted by atomic mass is 10.0. The quantitative estimate of drug-likeness (QED) is 0.0211. The molecule has 0 saturated heterocycles. The Kier molecular flexibility index (Phi) is 67.7. The average Bonchev–Trinajstić information content (AvgIpc) is 3.53. The fourth-order valence-corrected chi connectivity index (χ4v) is 10.3. The third-order valence-electron chi connectivity index (χ3n) is 15.9. The highest BCUT2D eigenvalue weighted by molar-refractivity contribution is 5.71. The van der Waals surface area contributed by atoms with E-state index in [1.54, 1.807) is 0 Å². The number of rotatable bonds is 68. The minimum absolute atomic E-state index is 0.184. The number of quaternary nitrogens is 1. The lowest BCUT2D eigenvalue weighted by Gasteiger charge is -2.25. The molecule has 0 saturated carbocycles. The SMILES string of the molecule is CC/C=C\C/C=C\C/C=C\C/C=C\C/C=C\C/C=C\C/C=C\CCCCCCCCCCCCCCCCCCCCCC(=O)OC(COC(=O)CCCCCCCCCCCCCC/C=C\C/C=C\C/C=C\C/C=C\CC)COC(OCC[N+](C)(C)C)C(=O)O. The molecular formula is C82H140NO8+. The first-order valence-corrected chi connectivity index (χ1v) is 37.3. The molecule has 0 aromatic heterocycles. The highest BCUT2D eigenvalue weighted by Crippen LogP contribution is 2.18. The Morgan fingerprint density at radius 3 is 0.879 bits per heavy atom. The lowest BCUT2D eigenvalue weighted by molar-refractivity contribution is -0.870. The van der Waals surface area contributed by atoms with Gasteiger partial charge in [0, 0.05) is 12.8 Å². The van der Waals surface area contributed by atoms with Crippen molar-refractivity contribution in [1.29, 1.82) is 0 Å².